The third-order valence-corrected chi connectivity index (χ3v) is 2.39. The number of pyridine rings is 1. The minimum Gasteiger partial charge on any atom is -0.256 e. The highest BCUT2D eigenvalue weighted by atomic mass is 35.5. The molecule has 0 aliphatic rings. The number of nitrogens with zero attached hydrogens (tertiary/aromatic N) is 2. The van der Waals surface area contributed by atoms with Gasteiger partial charge in [-0.1, -0.05) is 23.7 Å². The quantitative estimate of drug-likeness (QED) is 0.682. The van der Waals surface area contributed by atoms with E-state index >= 15 is 0 Å². The van der Waals surface area contributed by atoms with Crippen molar-refractivity contribution in [3.05, 3.63) is 47.1 Å². The Morgan fingerprint density at radius 2 is 2.20 bits per heavy atom. The first-order chi connectivity index (χ1) is 7.31. The van der Waals surface area contributed by atoms with Gasteiger partial charge < -0.3 is 0 Å². The summed E-state index contributed by atoms with van der Waals surface area (Å²) in [4.78, 5) is 4.21. The Morgan fingerprint density at radius 3 is 3.00 bits per heavy atom. The smallest absolute Gasteiger partial charge is 0.0912 e. The molecule has 0 aliphatic heterocycles. The highest BCUT2D eigenvalue weighted by molar-refractivity contribution is 6.35. The molecule has 2 nitrogen and oxygen atoms in total. The molecule has 0 N–H and O–H groups in total. The summed E-state index contributed by atoms with van der Waals surface area (Å²) in [5.74, 6) is 0. The van der Waals surface area contributed by atoms with Gasteiger partial charge in [0.2, 0.25) is 0 Å². The van der Waals surface area contributed by atoms with Crippen molar-refractivity contribution in [1.29, 1.82) is 5.26 Å². The Bertz CT molecular complexity index is 567. The molecule has 0 saturated heterocycles. The van der Waals surface area contributed by atoms with Crippen molar-refractivity contribution in [3.63, 3.8) is 0 Å². The van der Waals surface area contributed by atoms with Crippen LogP contribution in [0.2, 0.25) is 5.02 Å². The Kier molecular flexibility index (Phi) is 2.66. The van der Waals surface area contributed by atoms with Gasteiger partial charge in [0.25, 0.3) is 0 Å². The molecule has 0 spiro atoms. The lowest BCUT2D eigenvalue weighted by atomic mass is 10.1. The lowest BCUT2D eigenvalue weighted by molar-refractivity contribution is 1.41. The van der Waals surface area contributed by atoms with Gasteiger partial charge in [-0.3, -0.25) is 4.98 Å². The van der Waals surface area contributed by atoms with Crippen LogP contribution >= 0.6 is 11.6 Å². The molecule has 72 valence electrons. The molecule has 1 aromatic heterocycles. The summed E-state index contributed by atoms with van der Waals surface area (Å²) in [6, 6.07) is 9.42. The summed E-state index contributed by atoms with van der Waals surface area (Å²) in [7, 11) is 0. The maximum absolute atomic E-state index is 8.41. The Morgan fingerprint density at radius 1 is 1.33 bits per heavy atom. The second kappa shape index (κ2) is 4.12. The van der Waals surface area contributed by atoms with Crippen molar-refractivity contribution >= 4 is 28.6 Å². The van der Waals surface area contributed by atoms with Crippen molar-refractivity contribution < 1.29 is 0 Å². The molecule has 2 aromatic rings. The summed E-state index contributed by atoms with van der Waals surface area (Å²) in [6.07, 6.45) is 4.84. The summed E-state index contributed by atoms with van der Waals surface area (Å²) >= 11 is 6.00. The first-order valence-electron chi connectivity index (χ1n) is 4.42. The molecular weight excluding hydrogens is 208 g/mol. The van der Waals surface area contributed by atoms with Crippen LogP contribution in [-0.2, 0) is 0 Å². The van der Waals surface area contributed by atoms with Crippen LogP contribution in [-0.4, -0.2) is 4.98 Å². The van der Waals surface area contributed by atoms with Crippen molar-refractivity contribution in [3.8, 4) is 6.07 Å². The minimum absolute atomic E-state index is 0.691. The standard InChI is InChI=1S/C12H7ClN2/c13-11-5-7-15-12-8-9(2-1-6-14)3-4-10(11)12/h1-5,7-8H. The van der Waals surface area contributed by atoms with E-state index in [9.17, 15) is 0 Å². The zero-order valence-corrected chi connectivity index (χ0v) is 8.57. The number of hydrogen-bond donors (Lipinski definition) is 0. The molecule has 0 bridgehead atoms. The number of allylic oxidation sites excluding steroid dienone is 1. The second-order valence-corrected chi connectivity index (χ2v) is 3.44. The molecule has 2 rings (SSSR count). The van der Waals surface area contributed by atoms with Gasteiger partial charge in [0.05, 0.1) is 16.6 Å². The van der Waals surface area contributed by atoms with Gasteiger partial charge in [-0.05, 0) is 23.8 Å². The van der Waals surface area contributed by atoms with Gasteiger partial charge in [-0.25, -0.2) is 0 Å². The van der Waals surface area contributed by atoms with Gasteiger partial charge >= 0.3 is 0 Å². The highest BCUT2D eigenvalue weighted by Crippen LogP contribution is 2.22. The molecule has 0 atom stereocenters. The third kappa shape index (κ3) is 1.98. The summed E-state index contributed by atoms with van der Waals surface area (Å²) in [5, 5.41) is 10.0. The fraction of sp³-hybridized carbons (Fsp3) is 0. The summed E-state index contributed by atoms with van der Waals surface area (Å²) in [5.41, 5.74) is 1.78. The Balaban J connectivity index is 2.58. The summed E-state index contributed by atoms with van der Waals surface area (Å²) < 4.78 is 0. The van der Waals surface area contributed by atoms with E-state index in [4.69, 9.17) is 16.9 Å². The average Bonchev–Trinajstić information content (AvgIpc) is 2.26. The molecule has 1 aromatic carbocycles. The van der Waals surface area contributed by atoms with Gasteiger partial charge in [0, 0.05) is 17.7 Å². The molecule has 15 heavy (non-hydrogen) atoms. The van der Waals surface area contributed by atoms with E-state index in [0.717, 1.165) is 16.5 Å². The van der Waals surface area contributed by atoms with Crippen molar-refractivity contribution in [2.75, 3.05) is 0 Å². The fourth-order valence-corrected chi connectivity index (χ4v) is 1.58. The lowest BCUT2D eigenvalue weighted by Crippen LogP contribution is -1.80. The van der Waals surface area contributed by atoms with Gasteiger partial charge in [0.1, 0.15) is 0 Å². The largest absolute Gasteiger partial charge is 0.256 e. The number of rotatable bonds is 1. The zero-order valence-electron chi connectivity index (χ0n) is 7.81. The minimum atomic E-state index is 0.691. The van der Waals surface area contributed by atoms with E-state index < -0.39 is 0 Å². The maximum Gasteiger partial charge on any atom is 0.0912 e. The van der Waals surface area contributed by atoms with E-state index in [1.54, 1.807) is 18.3 Å². The third-order valence-electron chi connectivity index (χ3n) is 2.06. The first kappa shape index (κ1) is 9.70. The van der Waals surface area contributed by atoms with Crippen molar-refractivity contribution in [1.82, 2.24) is 4.98 Å². The predicted molar refractivity (Wildman–Crippen MR) is 61.4 cm³/mol. The van der Waals surface area contributed by atoms with Crippen LogP contribution < -0.4 is 0 Å². The van der Waals surface area contributed by atoms with E-state index in [0.29, 0.717) is 5.02 Å². The molecule has 0 aliphatic carbocycles. The number of aromatic nitrogens is 1. The Hall–Kier alpha value is -1.85. The molecule has 1 heterocycles. The molecule has 0 radical (unpaired) electrons. The van der Waals surface area contributed by atoms with Crippen molar-refractivity contribution in [2.45, 2.75) is 0 Å². The monoisotopic (exact) mass is 214 g/mol. The van der Waals surface area contributed by atoms with Crippen LogP contribution in [0.3, 0.4) is 0 Å². The van der Waals surface area contributed by atoms with Crippen molar-refractivity contribution in [2.24, 2.45) is 0 Å². The predicted octanol–water partition coefficient (Wildman–Crippen LogP) is 3.42. The van der Waals surface area contributed by atoms with Gasteiger partial charge in [0.15, 0.2) is 0 Å². The van der Waals surface area contributed by atoms with E-state index in [2.05, 4.69) is 4.98 Å². The number of hydrogen-bond acceptors (Lipinski definition) is 2. The van der Waals surface area contributed by atoms with E-state index in [-0.39, 0.29) is 0 Å². The number of halogens is 1. The highest BCUT2D eigenvalue weighted by Gasteiger charge is 1.99. The molecule has 0 amide bonds. The topological polar surface area (TPSA) is 36.7 Å². The van der Waals surface area contributed by atoms with Crippen LogP contribution in [0, 0.1) is 11.3 Å². The Labute approximate surface area is 92.4 Å². The lowest BCUT2D eigenvalue weighted by Gasteiger charge is -2.00. The first-order valence-corrected chi connectivity index (χ1v) is 4.79. The number of nitriles is 1. The molecule has 0 saturated carbocycles. The van der Waals surface area contributed by atoms with Crippen LogP contribution in [0.5, 0.6) is 0 Å². The van der Waals surface area contributed by atoms with Gasteiger partial charge in [-0.2, -0.15) is 5.26 Å². The van der Waals surface area contributed by atoms with Crippen LogP contribution in [0.1, 0.15) is 5.56 Å². The van der Waals surface area contributed by atoms with Crippen LogP contribution in [0.15, 0.2) is 36.5 Å². The second-order valence-electron chi connectivity index (χ2n) is 3.03. The van der Waals surface area contributed by atoms with Crippen LogP contribution in [0.4, 0.5) is 0 Å². The zero-order chi connectivity index (χ0) is 10.7. The average molecular weight is 215 g/mol. The van der Waals surface area contributed by atoms with Gasteiger partial charge in [-0.15, -0.1) is 0 Å². The normalized spacial score (nSPS) is 10.7. The summed E-state index contributed by atoms with van der Waals surface area (Å²) in [6.45, 7) is 0. The van der Waals surface area contributed by atoms with Crippen LogP contribution in [0.25, 0.3) is 17.0 Å². The maximum atomic E-state index is 8.41. The molecule has 0 fully saturated rings. The fourth-order valence-electron chi connectivity index (χ4n) is 1.37. The van der Waals surface area contributed by atoms with E-state index in [1.807, 2.05) is 24.3 Å². The SMILES string of the molecule is N#CC=Cc1ccc2c(Cl)ccnc2c1. The number of benzene rings is 1. The molecular formula is C12H7ClN2. The van der Waals surface area contributed by atoms with E-state index in [1.165, 1.54) is 6.08 Å². The molecule has 0 unspecified atom stereocenters. The molecule has 3 heteroatoms. The number of fused-ring (bicyclic) bond motifs is 1.